The molecule has 0 saturated carbocycles. The molecule has 1 fully saturated rings. The summed E-state index contributed by atoms with van der Waals surface area (Å²) in [5.74, 6) is -2.50. The van der Waals surface area contributed by atoms with E-state index in [0.29, 0.717) is 38.9 Å². The van der Waals surface area contributed by atoms with Crippen LogP contribution in [-0.2, 0) is 20.0 Å². The number of likely N-dealkylation sites (tertiary alicyclic amines) is 1. The van der Waals surface area contributed by atoms with Gasteiger partial charge in [0.05, 0.1) is 18.4 Å². The van der Waals surface area contributed by atoms with Crippen molar-refractivity contribution in [1.82, 2.24) is 19.0 Å². The van der Waals surface area contributed by atoms with Gasteiger partial charge in [-0.1, -0.05) is 12.1 Å². The van der Waals surface area contributed by atoms with E-state index in [2.05, 4.69) is 32.3 Å². The second-order valence-electron chi connectivity index (χ2n) is 12.7. The molecule has 1 atom stereocenters. The summed E-state index contributed by atoms with van der Waals surface area (Å²) < 4.78 is 38.7. The summed E-state index contributed by atoms with van der Waals surface area (Å²) in [4.78, 5) is 34.3. The molecule has 5 heterocycles. The first-order valence-corrected chi connectivity index (χ1v) is 16.2. The van der Waals surface area contributed by atoms with Crippen LogP contribution in [0.4, 0.5) is 14.5 Å². The second-order valence-corrected chi connectivity index (χ2v) is 12.7. The number of anilines is 1. The van der Waals surface area contributed by atoms with Crippen molar-refractivity contribution in [2.24, 2.45) is 7.05 Å². The molecule has 1 N–H and O–H groups in total. The molecular weight excluding hydrogens is 616 g/mol. The molecule has 0 spiro atoms. The molecule has 0 bridgehead atoms. The van der Waals surface area contributed by atoms with Crippen molar-refractivity contribution in [2.45, 2.75) is 44.7 Å². The lowest BCUT2D eigenvalue weighted by atomic mass is 9.87. The van der Waals surface area contributed by atoms with E-state index in [1.54, 1.807) is 17.9 Å². The Morgan fingerprint density at radius 3 is 2.40 bits per heavy atom. The van der Waals surface area contributed by atoms with Gasteiger partial charge in [-0.05, 0) is 93.2 Å². The monoisotopic (exact) mass is 653 g/mol. The lowest BCUT2D eigenvalue weighted by molar-refractivity contribution is 0.0695. The van der Waals surface area contributed by atoms with Gasteiger partial charge in [0.25, 0.3) is 5.56 Å². The number of aryl methyl sites for hydroxylation is 1. The number of pyridine rings is 2. The number of piperidine rings is 1. The van der Waals surface area contributed by atoms with Gasteiger partial charge < -0.3 is 19.3 Å². The van der Waals surface area contributed by atoms with Crippen LogP contribution in [0, 0.1) is 11.6 Å². The number of hydrogen-bond donors (Lipinski definition) is 1. The molecule has 248 valence electrons. The maximum atomic E-state index is 14.8. The van der Waals surface area contributed by atoms with Crippen LogP contribution in [0.5, 0.6) is 5.75 Å². The number of carboxylic acids is 1. The number of hydrogen-bond acceptors (Lipinski definition) is 6. The molecule has 1 saturated heterocycles. The Morgan fingerprint density at radius 1 is 1.02 bits per heavy atom. The number of methoxy groups -OCH3 is 1. The third kappa shape index (κ3) is 5.51. The van der Waals surface area contributed by atoms with Crippen LogP contribution in [0.2, 0.25) is 0 Å². The van der Waals surface area contributed by atoms with Crippen molar-refractivity contribution in [1.29, 1.82) is 0 Å². The number of fused-ring (bicyclic) bond motifs is 2. The maximum Gasteiger partial charge on any atom is 0.335 e. The van der Waals surface area contributed by atoms with E-state index < -0.39 is 23.2 Å². The van der Waals surface area contributed by atoms with E-state index in [4.69, 9.17) is 9.84 Å². The van der Waals surface area contributed by atoms with Gasteiger partial charge in [0.2, 0.25) is 0 Å². The average Bonchev–Trinajstić information content (AvgIpc) is 3.66. The van der Waals surface area contributed by atoms with Crippen LogP contribution in [0.25, 0.3) is 16.7 Å². The summed E-state index contributed by atoms with van der Waals surface area (Å²) in [6.45, 7) is 4.81. The minimum atomic E-state index is -1.36. The summed E-state index contributed by atoms with van der Waals surface area (Å²) in [5, 5.41) is 10.0. The smallest absolute Gasteiger partial charge is 0.335 e. The average molecular weight is 654 g/mol. The number of aromatic carboxylic acids is 1. The number of halogens is 2. The Labute approximate surface area is 276 Å². The predicted molar refractivity (Wildman–Crippen MR) is 179 cm³/mol. The van der Waals surface area contributed by atoms with Crippen molar-refractivity contribution in [3.63, 3.8) is 0 Å². The number of aromatic nitrogens is 3. The normalized spacial score (nSPS) is 16.0. The number of carboxylic acid groups (broad SMARTS) is 1. The van der Waals surface area contributed by atoms with Crippen molar-refractivity contribution in [3.8, 4) is 11.4 Å². The summed E-state index contributed by atoms with van der Waals surface area (Å²) in [5.41, 5.74) is 5.00. The molecule has 0 radical (unpaired) electrons. The van der Waals surface area contributed by atoms with E-state index in [9.17, 15) is 18.4 Å². The van der Waals surface area contributed by atoms with E-state index in [0.717, 1.165) is 63.7 Å². The number of nitrogens with zero attached hydrogens (tertiary/aromatic N) is 5. The molecule has 5 aromatic rings. The van der Waals surface area contributed by atoms with Crippen LogP contribution in [0.3, 0.4) is 0 Å². The largest absolute Gasteiger partial charge is 0.497 e. The number of carbonyl (C=O) groups is 1. The fourth-order valence-electron chi connectivity index (χ4n) is 7.47. The third-order valence-electron chi connectivity index (χ3n) is 10.1. The molecule has 2 aromatic carbocycles. The van der Waals surface area contributed by atoms with E-state index in [1.165, 1.54) is 0 Å². The van der Waals surface area contributed by atoms with Crippen molar-refractivity contribution in [2.75, 3.05) is 31.6 Å². The Kier molecular flexibility index (Phi) is 8.24. The highest BCUT2D eigenvalue weighted by Gasteiger charge is 2.31. The molecule has 11 heteroatoms. The van der Waals surface area contributed by atoms with Crippen molar-refractivity contribution >= 4 is 22.7 Å². The van der Waals surface area contributed by atoms with Gasteiger partial charge in [-0.25, -0.2) is 18.6 Å². The highest BCUT2D eigenvalue weighted by atomic mass is 19.1. The molecule has 9 nitrogen and oxygen atoms in total. The van der Waals surface area contributed by atoms with Crippen LogP contribution < -0.4 is 15.2 Å². The van der Waals surface area contributed by atoms with E-state index in [-0.39, 0.29) is 23.1 Å². The third-order valence-corrected chi connectivity index (χ3v) is 10.1. The number of ether oxygens (including phenoxy) is 1. The molecule has 0 aliphatic carbocycles. The molecule has 7 rings (SSSR count). The van der Waals surface area contributed by atoms with Crippen molar-refractivity contribution in [3.05, 3.63) is 117 Å². The van der Waals surface area contributed by atoms with Crippen LogP contribution in [0.15, 0.2) is 71.8 Å². The van der Waals surface area contributed by atoms with Gasteiger partial charge in [-0.3, -0.25) is 14.3 Å². The SMILES string of the molecule is COc1ccc(CN2CCc3c2ccn(-c2ccnc4c2cc(C(C)N2CCC(c5c(F)cc(C(=O)O)cc5F)CC2)n4C)c3=O)cc1. The maximum absolute atomic E-state index is 14.8. The summed E-state index contributed by atoms with van der Waals surface area (Å²) in [6.07, 6.45) is 5.33. The van der Waals surface area contributed by atoms with E-state index in [1.807, 2.05) is 49.6 Å². The fraction of sp³-hybridized carbons (Fsp3) is 0.324. The Hall–Kier alpha value is -5.03. The first-order chi connectivity index (χ1) is 23.1. The molecule has 2 aliphatic rings. The summed E-state index contributed by atoms with van der Waals surface area (Å²) in [7, 11) is 3.62. The lowest BCUT2D eigenvalue weighted by Gasteiger charge is -2.36. The quantitative estimate of drug-likeness (QED) is 0.213. The minimum absolute atomic E-state index is 0.0228. The van der Waals surface area contributed by atoms with Crippen LogP contribution >= 0.6 is 0 Å². The first-order valence-electron chi connectivity index (χ1n) is 16.2. The van der Waals surface area contributed by atoms with Gasteiger partial charge >= 0.3 is 5.97 Å². The highest BCUT2D eigenvalue weighted by Crippen LogP contribution is 2.37. The van der Waals surface area contributed by atoms with Crippen LogP contribution in [-0.4, -0.2) is 56.8 Å². The van der Waals surface area contributed by atoms with Gasteiger partial charge in [-0.2, -0.15) is 0 Å². The number of benzene rings is 2. The topological polar surface area (TPSA) is 92.8 Å². The Morgan fingerprint density at radius 2 is 1.73 bits per heavy atom. The fourth-order valence-corrected chi connectivity index (χ4v) is 7.47. The van der Waals surface area contributed by atoms with Gasteiger partial charge in [0.15, 0.2) is 0 Å². The zero-order valence-electron chi connectivity index (χ0n) is 27.1. The first kappa shape index (κ1) is 31.6. The minimum Gasteiger partial charge on any atom is -0.497 e. The van der Waals surface area contributed by atoms with Gasteiger partial charge in [-0.15, -0.1) is 0 Å². The zero-order chi connectivity index (χ0) is 33.7. The zero-order valence-corrected chi connectivity index (χ0v) is 27.1. The predicted octanol–water partition coefficient (Wildman–Crippen LogP) is 6.21. The molecule has 1 unspecified atom stereocenters. The standard InChI is InChI=1S/C37H37F2N5O4/c1-22(42-14-9-24(10-15-42)34-29(38)18-25(37(46)47)19-30(34)39)33-20-28-32(8-13-40-35(28)41(33)2)44-17-12-31-27(36(44)45)11-16-43(31)21-23-4-6-26(48-3)7-5-23/h4-8,12-13,17-20,22,24H,9-11,14-16,21H2,1-3H3,(H,46,47). The molecular formula is C37H37F2N5O4. The summed E-state index contributed by atoms with van der Waals surface area (Å²) >= 11 is 0. The van der Waals surface area contributed by atoms with Crippen LogP contribution in [0.1, 0.15) is 64.5 Å². The number of rotatable bonds is 8. The Bertz CT molecular complexity index is 2060. The lowest BCUT2D eigenvalue weighted by Crippen LogP contribution is -2.36. The van der Waals surface area contributed by atoms with Gasteiger partial charge in [0, 0.05) is 66.5 Å². The second kappa shape index (κ2) is 12.5. The molecule has 0 amide bonds. The molecule has 48 heavy (non-hydrogen) atoms. The molecule has 3 aromatic heterocycles. The highest BCUT2D eigenvalue weighted by molar-refractivity contribution is 5.88. The van der Waals surface area contributed by atoms with E-state index >= 15 is 0 Å². The van der Waals surface area contributed by atoms with Crippen molar-refractivity contribution < 1.29 is 23.4 Å². The summed E-state index contributed by atoms with van der Waals surface area (Å²) in [6, 6.07) is 15.8. The molecule has 2 aliphatic heterocycles. The van der Waals surface area contributed by atoms with Gasteiger partial charge in [0.1, 0.15) is 23.0 Å². The Balaban J connectivity index is 1.12.